The molecule has 3 fully saturated rings. The number of carbonyl (C=O) groups is 1. The first-order chi connectivity index (χ1) is 9.29. The molecule has 19 heavy (non-hydrogen) atoms. The lowest BCUT2D eigenvalue weighted by atomic mass is 9.96. The summed E-state index contributed by atoms with van der Waals surface area (Å²) in [7, 11) is 0. The molecule has 0 atom stereocenters. The quantitative estimate of drug-likeness (QED) is 0.684. The van der Waals surface area contributed by atoms with Gasteiger partial charge in [0.1, 0.15) is 0 Å². The number of ether oxygens (including phenoxy) is 2. The summed E-state index contributed by atoms with van der Waals surface area (Å²) in [5, 5.41) is 0. The van der Waals surface area contributed by atoms with E-state index in [0.717, 1.165) is 32.2 Å². The second kappa shape index (κ2) is 5.80. The standard InChI is InChI=1S/C15H25NO3/c17-14(13-6-3-1-2-4-7-13)16-9-5-8-15(12-16)18-10-11-19-15/h13H,1-12H2. The number of piperidine rings is 1. The Balaban J connectivity index is 1.62. The molecule has 4 nitrogen and oxygen atoms in total. The van der Waals surface area contributed by atoms with Gasteiger partial charge in [-0.15, -0.1) is 0 Å². The van der Waals surface area contributed by atoms with Crippen molar-refractivity contribution in [2.75, 3.05) is 26.3 Å². The summed E-state index contributed by atoms with van der Waals surface area (Å²) in [6.07, 6.45) is 9.08. The van der Waals surface area contributed by atoms with Gasteiger partial charge in [-0.1, -0.05) is 25.7 Å². The number of hydrogen-bond acceptors (Lipinski definition) is 3. The maximum absolute atomic E-state index is 12.7. The third-order valence-corrected chi connectivity index (χ3v) is 4.75. The van der Waals surface area contributed by atoms with Gasteiger partial charge in [-0.25, -0.2) is 0 Å². The van der Waals surface area contributed by atoms with Gasteiger partial charge in [-0.2, -0.15) is 0 Å². The van der Waals surface area contributed by atoms with Crippen LogP contribution in [0.2, 0.25) is 0 Å². The maximum atomic E-state index is 12.7. The number of carbonyl (C=O) groups excluding carboxylic acids is 1. The van der Waals surface area contributed by atoms with E-state index >= 15 is 0 Å². The molecule has 0 bridgehead atoms. The Morgan fingerprint density at radius 2 is 1.68 bits per heavy atom. The number of nitrogens with zero attached hydrogens (tertiary/aromatic N) is 1. The van der Waals surface area contributed by atoms with Gasteiger partial charge < -0.3 is 14.4 Å². The molecule has 0 aromatic heterocycles. The SMILES string of the molecule is O=C(C1CCCCCC1)N1CCCC2(C1)OCCO2. The topological polar surface area (TPSA) is 38.8 Å². The molecule has 1 aliphatic carbocycles. The van der Waals surface area contributed by atoms with Crippen LogP contribution in [0.3, 0.4) is 0 Å². The summed E-state index contributed by atoms with van der Waals surface area (Å²) >= 11 is 0. The van der Waals surface area contributed by atoms with Gasteiger partial charge in [0.2, 0.25) is 5.91 Å². The third kappa shape index (κ3) is 2.95. The van der Waals surface area contributed by atoms with E-state index in [0.29, 0.717) is 25.7 Å². The number of amides is 1. The van der Waals surface area contributed by atoms with Crippen molar-refractivity contribution >= 4 is 5.91 Å². The van der Waals surface area contributed by atoms with Crippen molar-refractivity contribution in [2.45, 2.75) is 57.2 Å². The highest BCUT2D eigenvalue weighted by Crippen LogP contribution is 2.32. The van der Waals surface area contributed by atoms with Crippen molar-refractivity contribution in [1.82, 2.24) is 4.90 Å². The molecule has 2 heterocycles. The fraction of sp³-hybridized carbons (Fsp3) is 0.933. The highest BCUT2D eigenvalue weighted by Gasteiger charge is 2.42. The average Bonchev–Trinajstić information content (AvgIpc) is 2.72. The van der Waals surface area contributed by atoms with Crippen LogP contribution in [0.5, 0.6) is 0 Å². The van der Waals surface area contributed by atoms with Gasteiger partial charge in [-0.3, -0.25) is 4.79 Å². The molecular weight excluding hydrogens is 242 g/mol. The van der Waals surface area contributed by atoms with E-state index in [2.05, 4.69) is 0 Å². The predicted octanol–water partition coefficient (Wildman–Crippen LogP) is 2.32. The van der Waals surface area contributed by atoms with Gasteiger partial charge in [0, 0.05) is 18.9 Å². The van der Waals surface area contributed by atoms with E-state index in [9.17, 15) is 4.79 Å². The monoisotopic (exact) mass is 267 g/mol. The molecule has 4 heteroatoms. The highest BCUT2D eigenvalue weighted by atomic mass is 16.7. The van der Waals surface area contributed by atoms with Crippen LogP contribution in [0.25, 0.3) is 0 Å². The largest absolute Gasteiger partial charge is 0.346 e. The lowest BCUT2D eigenvalue weighted by Crippen LogP contribution is -2.52. The molecule has 108 valence electrons. The second-order valence-electron chi connectivity index (χ2n) is 6.16. The van der Waals surface area contributed by atoms with E-state index in [-0.39, 0.29) is 5.92 Å². The Morgan fingerprint density at radius 3 is 2.37 bits per heavy atom. The van der Waals surface area contributed by atoms with Gasteiger partial charge in [0.25, 0.3) is 0 Å². The van der Waals surface area contributed by atoms with Gasteiger partial charge in [0.05, 0.1) is 19.8 Å². The molecule has 2 saturated heterocycles. The molecular formula is C15H25NO3. The van der Waals surface area contributed by atoms with Crippen LogP contribution in [-0.2, 0) is 14.3 Å². The smallest absolute Gasteiger partial charge is 0.225 e. The Labute approximate surface area is 115 Å². The first kappa shape index (κ1) is 13.4. The van der Waals surface area contributed by atoms with Crippen LogP contribution in [0, 0.1) is 5.92 Å². The molecule has 1 saturated carbocycles. The highest BCUT2D eigenvalue weighted by molar-refractivity contribution is 5.79. The van der Waals surface area contributed by atoms with E-state index in [1.165, 1.54) is 25.7 Å². The van der Waals surface area contributed by atoms with Crippen LogP contribution >= 0.6 is 0 Å². The zero-order valence-electron chi connectivity index (χ0n) is 11.7. The van der Waals surface area contributed by atoms with Crippen LogP contribution in [0.1, 0.15) is 51.4 Å². The van der Waals surface area contributed by atoms with Crippen molar-refractivity contribution in [1.29, 1.82) is 0 Å². The molecule has 2 aliphatic heterocycles. The van der Waals surface area contributed by atoms with Gasteiger partial charge in [-0.05, 0) is 19.3 Å². The predicted molar refractivity (Wildman–Crippen MR) is 71.6 cm³/mol. The van der Waals surface area contributed by atoms with E-state index < -0.39 is 5.79 Å². The molecule has 0 aromatic carbocycles. The Kier molecular flexibility index (Phi) is 4.08. The molecule has 0 unspecified atom stereocenters. The number of rotatable bonds is 1. The van der Waals surface area contributed by atoms with Crippen molar-refractivity contribution in [3.63, 3.8) is 0 Å². The lowest BCUT2D eigenvalue weighted by molar-refractivity contribution is -0.194. The van der Waals surface area contributed by atoms with E-state index in [1.54, 1.807) is 0 Å². The van der Waals surface area contributed by atoms with Crippen LogP contribution < -0.4 is 0 Å². The molecule has 3 rings (SSSR count). The Morgan fingerprint density at radius 1 is 1.00 bits per heavy atom. The normalized spacial score (nSPS) is 28.5. The first-order valence-corrected chi connectivity index (χ1v) is 7.86. The molecule has 0 aromatic rings. The summed E-state index contributed by atoms with van der Waals surface area (Å²) in [5.74, 6) is 0.123. The number of likely N-dealkylation sites (tertiary alicyclic amines) is 1. The summed E-state index contributed by atoms with van der Waals surface area (Å²) in [6.45, 7) is 2.86. The van der Waals surface area contributed by atoms with Crippen LogP contribution in [0.15, 0.2) is 0 Å². The van der Waals surface area contributed by atoms with Crippen LogP contribution in [-0.4, -0.2) is 42.9 Å². The number of hydrogen-bond donors (Lipinski definition) is 0. The minimum Gasteiger partial charge on any atom is -0.346 e. The molecule has 0 radical (unpaired) electrons. The van der Waals surface area contributed by atoms with Crippen molar-refractivity contribution in [3.8, 4) is 0 Å². The van der Waals surface area contributed by atoms with Gasteiger partial charge in [0.15, 0.2) is 5.79 Å². The minimum absolute atomic E-state index is 0.249. The molecule has 1 spiro atoms. The van der Waals surface area contributed by atoms with E-state index in [1.807, 2.05) is 4.90 Å². The van der Waals surface area contributed by atoms with Crippen molar-refractivity contribution < 1.29 is 14.3 Å². The Bertz CT molecular complexity index is 317. The second-order valence-corrected chi connectivity index (χ2v) is 6.16. The summed E-state index contributed by atoms with van der Waals surface area (Å²) in [5.41, 5.74) is 0. The third-order valence-electron chi connectivity index (χ3n) is 4.75. The lowest BCUT2D eigenvalue weighted by Gasteiger charge is -2.39. The van der Waals surface area contributed by atoms with Crippen molar-refractivity contribution in [3.05, 3.63) is 0 Å². The molecule has 0 N–H and O–H groups in total. The van der Waals surface area contributed by atoms with E-state index in [4.69, 9.17) is 9.47 Å². The van der Waals surface area contributed by atoms with Crippen LogP contribution in [0.4, 0.5) is 0 Å². The first-order valence-electron chi connectivity index (χ1n) is 7.86. The zero-order chi connectivity index (χ0) is 13.1. The van der Waals surface area contributed by atoms with Gasteiger partial charge >= 0.3 is 0 Å². The minimum atomic E-state index is -0.474. The average molecular weight is 267 g/mol. The molecule has 1 amide bonds. The van der Waals surface area contributed by atoms with Crippen molar-refractivity contribution in [2.24, 2.45) is 5.92 Å². The summed E-state index contributed by atoms with van der Waals surface area (Å²) < 4.78 is 11.5. The fourth-order valence-electron chi connectivity index (χ4n) is 3.69. The fourth-order valence-corrected chi connectivity index (χ4v) is 3.69. The zero-order valence-corrected chi connectivity index (χ0v) is 11.7. The summed E-state index contributed by atoms with van der Waals surface area (Å²) in [4.78, 5) is 14.7. The Hall–Kier alpha value is -0.610. The summed E-state index contributed by atoms with van der Waals surface area (Å²) in [6, 6.07) is 0. The molecule has 3 aliphatic rings. The maximum Gasteiger partial charge on any atom is 0.225 e.